The first-order chi connectivity index (χ1) is 15.6. The van der Waals surface area contributed by atoms with Crippen LogP contribution in [0.5, 0.6) is 5.75 Å². The van der Waals surface area contributed by atoms with Crippen LogP contribution in [-0.2, 0) is 23.4 Å². The number of aryl methyl sites for hydroxylation is 2. The van der Waals surface area contributed by atoms with Crippen molar-refractivity contribution >= 4 is 44.8 Å². The Balaban J connectivity index is 1.12. The van der Waals surface area contributed by atoms with Crippen LogP contribution in [0.3, 0.4) is 0 Å². The molecule has 1 amide bonds. The number of nitrogens with zero attached hydrogens (tertiary/aromatic N) is 2. The van der Waals surface area contributed by atoms with Crippen LogP contribution in [-0.4, -0.2) is 44.7 Å². The number of carbonyl (C=O) groups is 1. The van der Waals surface area contributed by atoms with E-state index in [0.29, 0.717) is 36.8 Å². The molecule has 6 nitrogen and oxygen atoms in total. The molecule has 2 aliphatic rings. The number of rotatable bonds is 6. The number of phenolic OH excluding ortho intramolecular Hbond substituents is 1. The minimum atomic E-state index is -0.0226. The highest BCUT2D eigenvalue weighted by molar-refractivity contribution is 7.98. The predicted molar refractivity (Wildman–Crippen MR) is 130 cm³/mol. The van der Waals surface area contributed by atoms with Gasteiger partial charge in [-0.1, -0.05) is 18.2 Å². The molecule has 0 spiro atoms. The molecule has 0 bridgehead atoms. The molecule has 0 radical (unpaired) electrons. The second kappa shape index (κ2) is 9.11. The summed E-state index contributed by atoms with van der Waals surface area (Å²) < 4.78 is 0. The first-order valence-corrected chi connectivity index (χ1v) is 12.9. The smallest absolute Gasteiger partial charge is 0.259 e. The van der Waals surface area contributed by atoms with Crippen molar-refractivity contribution < 1.29 is 9.90 Å². The number of amides is 1. The van der Waals surface area contributed by atoms with Crippen molar-refractivity contribution in [2.24, 2.45) is 0 Å². The Morgan fingerprint density at radius 1 is 1.22 bits per heavy atom. The van der Waals surface area contributed by atoms with Crippen LogP contribution in [0.2, 0.25) is 0 Å². The number of aromatic nitrogens is 2. The van der Waals surface area contributed by atoms with Crippen LogP contribution in [0.25, 0.3) is 15.8 Å². The minimum absolute atomic E-state index is 0.0226. The Morgan fingerprint density at radius 2 is 2.06 bits per heavy atom. The van der Waals surface area contributed by atoms with Crippen LogP contribution in [0.15, 0.2) is 35.1 Å². The van der Waals surface area contributed by atoms with E-state index in [0.717, 1.165) is 41.5 Å². The molecule has 3 heterocycles. The predicted octanol–water partition coefficient (Wildman–Crippen LogP) is 4.12. The van der Waals surface area contributed by atoms with E-state index in [2.05, 4.69) is 16.0 Å². The Bertz CT molecular complexity index is 1240. The molecule has 0 fully saturated rings. The number of phenols is 1. The fraction of sp³-hybridized carbons (Fsp3) is 0.375. The van der Waals surface area contributed by atoms with Gasteiger partial charge in [0.05, 0.1) is 11.1 Å². The van der Waals surface area contributed by atoms with Crippen molar-refractivity contribution in [3.8, 4) is 5.75 Å². The van der Waals surface area contributed by atoms with Gasteiger partial charge < -0.3 is 15.0 Å². The number of fused-ring (bicyclic) bond motifs is 3. The summed E-state index contributed by atoms with van der Waals surface area (Å²) in [5.74, 6) is 2.42. The summed E-state index contributed by atoms with van der Waals surface area (Å²) in [5.41, 5.74) is 3.49. The number of aromatic amines is 1. The number of nitrogens with one attached hydrogen (secondary N) is 1. The molecule has 1 aromatic carbocycles. The van der Waals surface area contributed by atoms with Crippen LogP contribution in [0.4, 0.5) is 0 Å². The Labute approximate surface area is 194 Å². The maximum Gasteiger partial charge on any atom is 0.259 e. The van der Waals surface area contributed by atoms with Gasteiger partial charge in [-0.3, -0.25) is 9.59 Å². The van der Waals surface area contributed by atoms with Crippen molar-refractivity contribution in [1.82, 2.24) is 14.9 Å². The van der Waals surface area contributed by atoms with Crippen molar-refractivity contribution in [1.29, 1.82) is 0 Å². The molecule has 1 aliphatic heterocycles. The van der Waals surface area contributed by atoms with Gasteiger partial charge in [0.15, 0.2) is 0 Å². The molecule has 8 heteroatoms. The lowest BCUT2D eigenvalue weighted by Crippen LogP contribution is -2.34. The van der Waals surface area contributed by atoms with Crippen molar-refractivity contribution in [2.75, 3.05) is 18.8 Å². The topological polar surface area (TPSA) is 86.3 Å². The van der Waals surface area contributed by atoms with E-state index in [1.165, 1.54) is 16.0 Å². The quantitative estimate of drug-likeness (QED) is 0.533. The molecule has 166 valence electrons. The molecule has 1 aliphatic carbocycles. The van der Waals surface area contributed by atoms with Gasteiger partial charge in [-0.05, 0) is 54.5 Å². The van der Waals surface area contributed by atoms with E-state index in [1.54, 1.807) is 35.2 Å². The lowest BCUT2D eigenvalue weighted by atomic mass is 9.99. The number of carbonyl (C=O) groups excluding carboxylic acids is 1. The van der Waals surface area contributed by atoms with E-state index < -0.39 is 0 Å². The molecule has 5 rings (SSSR count). The van der Waals surface area contributed by atoms with Gasteiger partial charge in [0, 0.05) is 30.1 Å². The third kappa shape index (κ3) is 4.34. The maximum atomic E-state index is 12.6. The van der Waals surface area contributed by atoms with E-state index in [-0.39, 0.29) is 17.2 Å². The van der Waals surface area contributed by atoms with Gasteiger partial charge in [-0.15, -0.1) is 11.3 Å². The molecule has 0 atom stereocenters. The van der Waals surface area contributed by atoms with Crippen LogP contribution in [0, 0.1) is 0 Å². The van der Waals surface area contributed by atoms with Gasteiger partial charge in [0.25, 0.3) is 5.56 Å². The van der Waals surface area contributed by atoms with Crippen LogP contribution >= 0.6 is 23.1 Å². The number of H-pyrrole nitrogens is 1. The molecule has 0 unspecified atom stereocenters. The Morgan fingerprint density at radius 3 is 2.84 bits per heavy atom. The summed E-state index contributed by atoms with van der Waals surface area (Å²) >= 11 is 3.29. The van der Waals surface area contributed by atoms with Crippen molar-refractivity contribution in [3.63, 3.8) is 0 Å². The molecule has 2 aromatic heterocycles. The monoisotopic (exact) mass is 467 g/mol. The minimum Gasteiger partial charge on any atom is -0.508 e. The normalized spacial score (nSPS) is 15.8. The van der Waals surface area contributed by atoms with Crippen molar-refractivity contribution in [3.05, 3.63) is 62.5 Å². The van der Waals surface area contributed by atoms with Crippen LogP contribution in [0.1, 0.15) is 41.1 Å². The van der Waals surface area contributed by atoms with E-state index >= 15 is 0 Å². The Hall–Kier alpha value is -2.58. The summed E-state index contributed by atoms with van der Waals surface area (Å²) in [7, 11) is 0. The number of thiophene rings is 1. The largest absolute Gasteiger partial charge is 0.508 e. The zero-order valence-electron chi connectivity index (χ0n) is 17.7. The fourth-order valence-corrected chi connectivity index (χ4v) is 6.51. The molecule has 2 N–H and O–H groups in total. The second-order valence-electron chi connectivity index (χ2n) is 8.22. The lowest BCUT2D eigenvalue weighted by molar-refractivity contribution is -0.130. The summed E-state index contributed by atoms with van der Waals surface area (Å²) in [6, 6.07) is 7.20. The maximum absolute atomic E-state index is 12.6. The van der Waals surface area contributed by atoms with Gasteiger partial charge in [-0.25, -0.2) is 4.98 Å². The number of hydrogen-bond acceptors (Lipinski definition) is 6. The van der Waals surface area contributed by atoms with E-state index in [4.69, 9.17) is 0 Å². The standard InChI is InChI=1S/C24H25N3O3S2/c28-17-6-4-15(5-7-17)16-8-11-27(12-9-16)21(29)10-13-31-14-20-25-23(30)22-18-2-1-3-19(18)32-24(22)26-20/h4-8,28H,1-3,9-14H2,(H,25,26,30). The summed E-state index contributed by atoms with van der Waals surface area (Å²) in [6.07, 6.45) is 6.57. The molecule has 0 saturated heterocycles. The van der Waals surface area contributed by atoms with Crippen molar-refractivity contribution in [2.45, 2.75) is 37.9 Å². The van der Waals surface area contributed by atoms with Gasteiger partial charge in [0.1, 0.15) is 16.4 Å². The average molecular weight is 468 g/mol. The molecule has 32 heavy (non-hydrogen) atoms. The Kier molecular flexibility index (Phi) is 6.06. The average Bonchev–Trinajstić information content (AvgIpc) is 3.38. The molecule has 3 aromatic rings. The number of benzene rings is 1. The number of thioether (sulfide) groups is 1. The third-order valence-corrected chi connectivity index (χ3v) is 8.28. The highest BCUT2D eigenvalue weighted by Gasteiger charge is 2.21. The number of hydrogen-bond donors (Lipinski definition) is 2. The SMILES string of the molecule is O=C(CCSCc1nc2sc3c(c2c(=O)[nH]1)CCC3)N1CC=C(c2ccc(O)cc2)CC1. The van der Waals surface area contributed by atoms with Gasteiger partial charge in [-0.2, -0.15) is 11.8 Å². The fourth-order valence-electron chi connectivity index (χ4n) is 4.44. The molecule has 0 saturated carbocycles. The lowest BCUT2D eigenvalue weighted by Gasteiger charge is -2.26. The zero-order chi connectivity index (χ0) is 22.1. The highest BCUT2D eigenvalue weighted by Crippen LogP contribution is 2.34. The summed E-state index contributed by atoms with van der Waals surface area (Å²) in [4.78, 5) is 36.8. The zero-order valence-corrected chi connectivity index (χ0v) is 19.4. The van der Waals surface area contributed by atoms with Gasteiger partial charge >= 0.3 is 0 Å². The van der Waals surface area contributed by atoms with Crippen LogP contribution < -0.4 is 5.56 Å². The first-order valence-electron chi connectivity index (χ1n) is 11.0. The van der Waals surface area contributed by atoms with E-state index in [9.17, 15) is 14.7 Å². The summed E-state index contributed by atoms with van der Waals surface area (Å²) in [5, 5.41) is 10.2. The third-order valence-electron chi connectivity index (χ3n) is 6.12. The number of aromatic hydroxyl groups is 1. The molecular weight excluding hydrogens is 442 g/mol. The summed E-state index contributed by atoms with van der Waals surface area (Å²) in [6.45, 7) is 1.33. The molecular formula is C24H25N3O3S2. The highest BCUT2D eigenvalue weighted by atomic mass is 32.2. The first kappa shape index (κ1) is 21.3. The van der Waals surface area contributed by atoms with E-state index in [1.807, 2.05) is 17.0 Å². The van der Waals surface area contributed by atoms with Gasteiger partial charge in [0.2, 0.25) is 5.91 Å². The second-order valence-corrected chi connectivity index (χ2v) is 10.4.